The van der Waals surface area contributed by atoms with Crippen molar-refractivity contribution in [1.82, 2.24) is 0 Å². The van der Waals surface area contributed by atoms with Crippen LogP contribution in [0.1, 0.15) is 38.9 Å². The highest BCUT2D eigenvalue weighted by molar-refractivity contribution is 6.84. The SMILES string of the molecule is Cc1cccc(C)c1N1CB(c2c(C(F)(F)F)cc(C(F)(F)F)cc2C(F)(F)F)C(/C=C/c2ccccc2)=C1c1ccccc1. The van der Waals surface area contributed by atoms with E-state index < -0.39 is 47.4 Å². The van der Waals surface area contributed by atoms with Gasteiger partial charge in [-0.1, -0.05) is 91.0 Å². The first-order valence-corrected chi connectivity index (χ1v) is 13.8. The molecule has 1 aliphatic rings. The second kappa shape index (κ2) is 11.8. The first-order chi connectivity index (χ1) is 21.1. The maximum absolute atomic E-state index is 14.6. The molecule has 4 aromatic rings. The van der Waals surface area contributed by atoms with E-state index in [0.29, 0.717) is 22.5 Å². The Balaban J connectivity index is 1.91. The van der Waals surface area contributed by atoms with Crippen LogP contribution in [0, 0.1) is 13.8 Å². The van der Waals surface area contributed by atoms with Crippen molar-refractivity contribution >= 4 is 29.6 Å². The summed E-state index contributed by atoms with van der Waals surface area (Å²) < 4.78 is 129. The highest BCUT2D eigenvalue weighted by Crippen LogP contribution is 2.44. The van der Waals surface area contributed by atoms with Gasteiger partial charge >= 0.3 is 18.5 Å². The van der Waals surface area contributed by atoms with Gasteiger partial charge in [-0.05, 0) is 59.2 Å². The summed E-state index contributed by atoms with van der Waals surface area (Å²) in [6, 6.07) is 22.0. The zero-order valence-electron chi connectivity index (χ0n) is 23.9. The molecule has 0 amide bonds. The lowest BCUT2D eigenvalue weighted by atomic mass is 9.39. The number of alkyl halides is 9. The van der Waals surface area contributed by atoms with E-state index in [1.807, 2.05) is 0 Å². The molecule has 4 aromatic carbocycles. The van der Waals surface area contributed by atoms with Crippen molar-refractivity contribution in [3.05, 3.63) is 141 Å². The monoisotopic (exact) mass is 629 g/mol. The summed E-state index contributed by atoms with van der Waals surface area (Å²) in [5, 5.41) is 0. The third-order valence-electron chi connectivity index (χ3n) is 7.76. The Labute approximate surface area is 254 Å². The maximum atomic E-state index is 14.6. The molecule has 0 fully saturated rings. The van der Waals surface area contributed by atoms with Crippen molar-refractivity contribution in [2.75, 3.05) is 11.3 Å². The molecule has 45 heavy (non-hydrogen) atoms. The van der Waals surface area contributed by atoms with Crippen LogP contribution in [0.5, 0.6) is 0 Å². The van der Waals surface area contributed by atoms with E-state index in [2.05, 4.69) is 0 Å². The molecular weight excluding hydrogens is 604 g/mol. The van der Waals surface area contributed by atoms with E-state index in [1.54, 1.807) is 104 Å². The lowest BCUT2D eigenvalue weighted by molar-refractivity contribution is -0.147. The summed E-state index contributed by atoms with van der Waals surface area (Å²) in [6.07, 6.45) is -13.8. The van der Waals surface area contributed by atoms with Crippen LogP contribution in [-0.2, 0) is 18.5 Å². The number of halogens is 9. The number of hydrogen-bond acceptors (Lipinski definition) is 1. The fourth-order valence-corrected chi connectivity index (χ4v) is 5.90. The predicted octanol–water partition coefficient (Wildman–Crippen LogP) is 9.78. The predicted molar refractivity (Wildman–Crippen MR) is 159 cm³/mol. The first-order valence-electron chi connectivity index (χ1n) is 13.8. The molecule has 5 rings (SSSR count). The summed E-state index contributed by atoms with van der Waals surface area (Å²) in [5.74, 6) is 0. The number of hydrogen-bond donors (Lipinski definition) is 0. The average Bonchev–Trinajstić information content (AvgIpc) is 3.33. The van der Waals surface area contributed by atoms with Crippen LogP contribution in [0.25, 0.3) is 11.8 Å². The molecule has 1 heterocycles. The number of allylic oxidation sites excluding steroid dienone is 2. The van der Waals surface area contributed by atoms with Gasteiger partial charge in [-0.3, -0.25) is 0 Å². The van der Waals surface area contributed by atoms with Crippen LogP contribution in [0.2, 0.25) is 0 Å². The van der Waals surface area contributed by atoms with Gasteiger partial charge in [0.2, 0.25) is 6.71 Å². The summed E-state index contributed by atoms with van der Waals surface area (Å²) in [7, 11) is 0. The molecule has 0 bridgehead atoms. The van der Waals surface area contributed by atoms with Crippen LogP contribution >= 0.6 is 0 Å². The quantitative estimate of drug-likeness (QED) is 0.157. The Morgan fingerprint density at radius 1 is 0.622 bits per heavy atom. The Morgan fingerprint density at radius 2 is 1.13 bits per heavy atom. The first kappa shape index (κ1) is 32.0. The van der Waals surface area contributed by atoms with Gasteiger partial charge < -0.3 is 4.90 Å². The van der Waals surface area contributed by atoms with Crippen molar-refractivity contribution in [1.29, 1.82) is 0 Å². The van der Waals surface area contributed by atoms with Gasteiger partial charge in [0.1, 0.15) is 0 Å². The molecule has 0 unspecified atom stereocenters. The summed E-state index contributed by atoms with van der Waals surface area (Å²) in [6.45, 7) is 1.94. The topological polar surface area (TPSA) is 3.24 Å². The van der Waals surface area contributed by atoms with Crippen molar-refractivity contribution in [2.45, 2.75) is 32.4 Å². The van der Waals surface area contributed by atoms with Gasteiger partial charge in [0.25, 0.3) is 0 Å². The van der Waals surface area contributed by atoms with Gasteiger partial charge in [0, 0.05) is 17.8 Å². The van der Waals surface area contributed by atoms with E-state index in [1.165, 1.54) is 6.08 Å². The summed E-state index contributed by atoms with van der Waals surface area (Å²) in [4.78, 5) is 1.67. The zero-order valence-corrected chi connectivity index (χ0v) is 23.9. The molecule has 0 N–H and O–H groups in total. The van der Waals surface area contributed by atoms with Crippen LogP contribution < -0.4 is 10.4 Å². The number of para-hydroxylation sites is 1. The molecule has 232 valence electrons. The van der Waals surface area contributed by atoms with Crippen molar-refractivity contribution in [3.63, 3.8) is 0 Å². The van der Waals surface area contributed by atoms with Crippen molar-refractivity contribution < 1.29 is 39.5 Å². The number of rotatable bonds is 5. The van der Waals surface area contributed by atoms with E-state index in [9.17, 15) is 39.5 Å². The van der Waals surface area contributed by atoms with Gasteiger partial charge in [0.15, 0.2) is 0 Å². The average molecular weight is 629 g/mol. The van der Waals surface area contributed by atoms with Crippen LogP contribution in [0.15, 0.2) is 103 Å². The Hall–Kier alpha value is -4.41. The molecule has 11 heteroatoms. The molecule has 0 aromatic heterocycles. The third-order valence-corrected chi connectivity index (χ3v) is 7.76. The van der Waals surface area contributed by atoms with Crippen molar-refractivity contribution in [3.8, 4) is 0 Å². The Morgan fingerprint density at radius 3 is 1.62 bits per heavy atom. The van der Waals surface area contributed by atoms with E-state index in [4.69, 9.17) is 0 Å². The van der Waals surface area contributed by atoms with Gasteiger partial charge in [-0.25, -0.2) is 0 Å². The Kier molecular flexibility index (Phi) is 8.42. The number of benzene rings is 4. The normalized spacial score (nSPS) is 14.6. The van der Waals surface area contributed by atoms with Crippen molar-refractivity contribution in [2.24, 2.45) is 0 Å². The highest BCUT2D eigenvalue weighted by Gasteiger charge is 2.49. The molecule has 0 radical (unpaired) electrons. The summed E-state index contributed by atoms with van der Waals surface area (Å²) in [5.41, 5.74) is -3.61. The molecular formula is C34H25BF9N. The largest absolute Gasteiger partial charge is 0.416 e. The summed E-state index contributed by atoms with van der Waals surface area (Å²) >= 11 is 0. The van der Waals surface area contributed by atoms with E-state index >= 15 is 0 Å². The molecule has 0 spiro atoms. The number of nitrogens with zero attached hydrogens (tertiary/aromatic N) is 1. The maximum Gasteiger partial charge on any atom is 0.416 e. The molecule has 0 atom stereocenters. The smallest absolute Gasteiger partial charge is 0.348 e. The molecule has 1 aliphatic heterocycles. The highest BCUT2D eigenvalue weighted by atomic mass is 19.4. The van der Waals surface area contributed by atoms with Gasteiger partial charge in [-0.15, -0.1) is 0 Å². The molecule has 1 nitrogen and oxygen atoms in total. The lowest BCUT2D eigenvalue weighted by Gasteiger charge is -2.28. The number of anilines is 1. The van der Waals surface area contributed by atoms with Crippen LogP contribution in [0.3, 0.4) is 0 Å². The second-order valence-corrected chi connectivity index (χ2v) is 10.8. The lowest BCUT2D eigenvalue weighted by Crippen LogP contribution is -2.45. The van der Waals surface area contributed by atoms with Crippen LogP contribution in [0.4, 0.5) is 45.2 Å². The molecule has 0 aliphatic carbocycles. The number of aryl methyl sites for hydroxylation is 2. The van der Waals surface area contributed by atoms with E-state index in [0.717, 1.165) is 11.1 Å². The second-order valence-electron chi connectivity index (χ2n) is 10.8. The molecule has 0 saturated carbocycles. The fraction of sp³-hybridized carbons (Fsp3) is 0.176. The minimum absolute atomic E-state index is 0.100. The zero-order chi connectivity index (χ0) is 32.7. The van der Waals surface area contributed by atoms with Gasteiger partial charge in [0.05, 0.1) is 16.7 Å². The van der Waals surface area contributed by atoms with Crippen LogP contribution in [-0.4, -0.2) is 13.2 Å². The van der Waals surface area contributed by atoms with Gasteiger partial charge in [-0.2, -0.15) is 39.5 Å². The van der Waals surface area contributed by atoms with E-state index in [-0.39, 0.29) is 24.0 Å². The minimum atomic E-state index is -5.52. The molecule has 0 saturated heterocycles. The Bertz CT molecular complexity index is 1700. The minimum Gasteiger partial charge on any atom is -0.348 e. The third kappa shape index (κ3) is 6.53. The standard InChI is InChI=1S/C34H25BF9N/c1-21-10-9-11-22(2)30(21)45-20-35(28(17-16-23-12-5-3-6-13-23)31(45)24-14-7-4-8-15-24)29-26(33(39,40)41)18-25(32(36,37)38)19-27(29)34(42,43)44/h3-19H,20H2,1-2H3/b17-16+. The fourth-order valence-electron chi connectivity index (χ4n) is 5.90.